The molecule has 9 heteroatoms. The van der Waals surface area contributed by atoms with Crippen molar-refractivity contribution in [3.05, 3.63) is 42.0 Å². The molecule has 0 spiro atoms. The van der Waals surface area contributed by atoms with Crippen molar-refractivity contribution >= 4 is 27.3 Å². The summed E-state index contributed by atoms with van der Waals surface area (Å²) in [7, 11) is -0.635. The SMILES string of the molecule is CCN(CC)S(=O)(=O)c1ccc(N2CCC(C)CC2)c(C(=O)Nc2cc(OC)cc(OC)c2)c1. The Bertz CT molecular complexity index is 1090. The molecule has 3 rings (SSSR count). The van der Waals surface area contributed by atoms with Crippen LogP contribution in [0.5, 0.6) is 11.5 Å². The molecule has 1 fully saturated rings. The topological polar surface area (TPSA) is 88.2 Å². The van der Waals surface area contributed by atoms with Gasteiger partial charge in [-0.25, -0.2) is 8.42 Å². The predicted molar refractivity (Wildman–Crippen MR) is 135 cm³/mol. The summed E-state index contributed by atoms with van der Waals surface area (Å²) in [4.78, 5) is 15.8. The lowest BCUT2D eigenvalue weighted by atomic mass is 9.98. The molecule has 0 saturated carbocycles. The maximum atomic E-state index is 13.5. The van der Waals surface area contributed by atoms with Gasteiger partial charge >= 0.3 is 0 Å². The number of carbonyl (C=O) groups excluding carboxylic acids is 1. The number of carbonyl (C=O) groups is 1. The van der Waals surface area contributed by atoms with Crippen molar-refractivity contribution in [3.63, 3.8) is 0 Å². The Balaban J connectivity index is 2.03. The summed E-state index contributed by atoms with van der Waals surface area (Å²) in [6.45, 7) is 8.17. The smallest absolute Gasteiger partial charge is 0.257 e. The lowest BCUT2D eigenvalue weighted by Gasteiger charge is -2.33. The molecule has 1 aliphatic rings. The summed E-state index contributed by atoms with van der Waals surface area (Å²) in [5, 5.41) is 2.90. The summed E-state index contributed by atoms with van der Waals surface area (Å²) < 4.78 is 38.3. The number of nitrogens with zero attached hydrogens (tertiary/aromatic N) is 2. The summed E-state index contributed by atoms with van der Waals surface area (Å²) in [5.74, 6) is 1.32. The van der Waals surface area contributed by atoms with Crippen LogP contribution in [0.15, 0.2) is 41.3 Å². The Hall–Kier alpha value is -2.78. The van der Waals surface area contributed by atoms with Gasteiger partial charge in [-0.15, -0.1) is 0 Å². The van der Waals surface area contributed by atoms with E-state index in [0.717, 1.165) is 31.6 Å². The first-order valence-corrected chi connectivity index (χ1v) is 13.1. The molecule has 1 saturated heterocycles. The Kier molecular flexibility index (Phi) is 8.43. The van der Waals surface area contributed by atoms with Crippen LogP contribution in [0.2, 0.25) is 0 Å². The van der Waals surface area contributed by atoms with Crippen molar-refractivity contribution in [1.29, 1.82) is 0 Å². The monoisotopic (exact) mass is 489 g/mol. The molecule has 0 aromatic heterocycles. The van der Waals surface area contributed by atoms with Gasteiger partial charge in [0, 0.05) is 55.8 Å². The van der Waals surface area contributed by atoms with Gasteiger partial charge in [0.05, 0.1) is 24.7 Å². The highest BCUT2D eigenvalue weighted by atomic mass is 32.2. The number of ether oxygens (including phenoxy) is 2. The standard InChI is InChI=1S/C25H35N3O5S/c1-6-28(7-2)34(30,31)22-8-9-24(27-12-10-18(3)11-13-27)23(17-22)25(29)26-19-14-20(32-4)16-21(15-19)33-5/h8-9,14-18H,6-7,10-13H2,1-5H3,(H,26,29). The number of nitrogens with one attached hydrogen (secondary N) is 1. The van der Waals surface area contributed by atoms with Gasteiger partial charge in [0.2, 0.25) is 10.0 Å². The van der Waals surface area contributed by atoms with Crippen molar-refractivity contribution in [1.82, 2.24) is 4.31 Å². The third kappa shape index (κ3) is 5.64. The molecule has 1 heterocycles. The maximum absolute atomic E-state index is 13.5. The van der Waals surface area contributed by atoms with Crippen LogP contribution in [0.1, 0.15) is 44.0 Å². The van der Waals surface area contributed by atoms with Gasteiger partial charge in [0.15, 0.2) is 0 Å². The highest BCUT2D eigenvalue weighted by Crippen LogP contribution is 2.31. The van der Waals surface area contributed by atoms with E-state index in [1.54, 1.807) is 44.2 Å². The maximum Gasteiger partial charge on any atom is 0.257 e. The minimum absolute atomic E-state index is 0.110. The van der Waals surface area contributed by atoms with Crippen LogP contribution in [-0.2, 0) is 10.0 Å². The third-order valence-corrected chi connectivity index (χ3v) is 8.34. The van der Waals surface area contributed by atoms with Crippen molar-refractivity contribution < 1.29 is 22.7 Å². The van der Waals surface area contributed by atoms with Crippen LogP contribution in [0.3, 0.4) is 0 Å². The highest BCUT2D eigenvalue weighted by molar-refractivity contribution is 7.89. The van der Waals surface area contributed by atoms with E-state index in [1.165, 1.54) is 24.6 Å². The van der Waals surface area contributed by atoms with E-state index in [-0.39, 0.29) is 10.8 Å². The predicted octanol–water partition coefficient (Wildman–Crippen LogP) is 4.22. The number of benzene rings is 2. The van der Waals surface area contributed by atoms with E-state index in [1.807, 2.05) is 0 Å². The highest BCUT2D eigenvalue weighted by Gasteiger charge is 2.27. The quantitative estimate of drug-likeness (QED) is 0.567. The minimum atomic E-state index is -3.71. The second-order valence-electron chi connectivity index (χ2n) is 8.49. The van der Waals surface area contributed by atoms with Gasteiger partial charge in [-0.1, -0.05) is 20.8 Å². The molecule has 2 aromatic carbocycles. The van der Waals surface area contributed by atoms with Crippen LogP contribution in [0, 0.1) is 5.92 Å². The van der Waals surface area contributed by atoms with Crippen LogP contribution in [0.25, 0.3) is 0 Å². The van der Waals surface area contributed by atoms with Crippen molar-refractivity contribution in [2.24, 2.45) is 5.92 Å². The van der Waals surface area contributed by atoms with Crippen LogP contribution < -0.4 is 19.7 Å². The zero-order valence-electron chi connectivity index (χ0n) is 20.6. The van der Waals surface area contributed by atoms with Gasteiger partial charge in [0.1, 0.15) is 11.5 Å². The lowest BCUT2D eigenvalue weighted by Crippen LogP contribution is -2.35. The Morgan fingerprint density at radius 3 is 2.15 bits per heavy atom. The fourth-order valence-electron chi connectivity index (χ4n) is 4.17. The number of amides is 1. The first-order valence-electron chi connectivity index (χ1n) is 11.7. The van der Waals surface area contributed by atoms with E-state index in [4.69, 9.17) is 9.47 Å². The summed E-state index contributed by atoms with van der Waals surface area (Å²) in [5.41, 5.74) is 1.55. The molecular formula is C25H35N3O5S. The summed E-state index contributed by atoms with van der Waals surface area (Å²) in [6, 6.07) is 9.96. The number of rotatable bonds is 9. The van der Waals surface area contributed by atoms with Gasteiger partial charge in [0.25, 0.3) is 5.91 Å². The molecule has 1 amide bonds. The molecule has 2 aromatic rings. The lowest BCUT2D eigenvalue weighted by molar-refractivity contribution is 0.102. The average molecular weight is 490 g/mol. The Morgan fingerprint density at radius 2 is 1.62 bits per heavy atom. The van der Waals surface area contributed by atoms with Crippen molar-refractivity contribution in [2.75, 3.05) is 50.6 Å². The number of hydrogen-bond donors (Lipinski definition) is 1. The molecule has 186 valence electrons. The average Bonchev–Trinajstić information content (AvgIpc) is 2.84. The van der Waals surface area contributed by atoms with E-state index in [0.29, 0.717) is 41.8 Å². The second kappa shape index (κ2) is 11.1. The van der Waals surface area contributed by atoms with Crippen LogP contribution in [0.4, 0.5) is 11.4 Å². The Morgan fingerprint density at radius 1 is 1.03 bits per heavy atom. The second-order valence-corrected chi connectivity index (χ2v) is 10.4. The first-order chi connectivity index (χ1) is 16.2. The molecular weight excluding hydrogens is 454 g/mol. The van der Waals surface area contributed by atoms with E-state index in [2.05, 4.69) is 17.1 Å². The first kappa shape index (κ1) is 25.8. The zero-order valence-corrected chi connectivity index (χ0v) is 21.4. The number of hydrogen-bond acceptors (Lipinski definition) is 6. The molecule has 0 radical (unpaired) electrons. The van der Waals surface area contributed by atoms with Gasteiger partial charge in [-0.05, 0) is 37.0 Å². The number of sulfonamides is 1. The molecule has 0 aliphatic carbocycles. The number of anilines is 2. The van der Waals surface area contributed by atoms with Crippen LogP contribution >= 0.6 is 0 Å². The fourth-order valence-corrected chi connectivity index (χ4v) is 5.66. The van der Waals surface area contributed by atoms with E-state index < -0.39 is 10.0 Å². The third-order valence-electron chi connectivity index (χ3n) is 6.29. The molecule has 0 bridgehead atoms. The molecule has 1 N–H and O–H groups in total. The van der Waals surface area contributed by atoms with E-state index in [9.17, 15) is 13.2 Å². The van der Waals surface area contributed by atoms with Crippen molar-refractivity contribution in [2.45, 2.75) is 38.5 Å². The fraction of sp³-hybridized carbons (Fsp3) is 0.480. The van der Waals surface area contributed by atoms with Gasteiger partial charge in [-0.2, -0.15) is 4.31 Å². The van der Waals surface area contributed by atoms with Crippen LogP contribution in [-0.4, -0.2) is 59.0 Å². The normalized spacial score (nSPS) is 14.8. The Labute approximate surface area is 202 Å². The van der Waals surface area contributed by atoms with Gasteiger partial charge in [-0.3, -0.25) is 4.79 Å². The number of piperidine rings is 1. The molecule has 34 heavy (non-hydrogen) atoms. The molecule has 8 nitrogen and oxygen atoms in total. The number of methoxy groups -OCH3 is 2. The summed E-state index contributed by atoms with van der Waals surface area (Å²) in [6.07, 6.45) is 2.04. The largest absolute Gasteiger partial charge is 0.497 e. The van der Waals surface area contributed by atoms with Crippen molar-refractivity contribution in [3.8, 4) is 11.5 Å². The summed E-state index contributed by atoms with van der Waals surface area (Å²) >= 11 is 0. The molecule has 1 aliphatic heterocycles. The zero-order chi connectivity index (χ0) is 24.9. The van der Waals surface area contributed by atoms with Gasteiger partial charge < -0.3 is 19.7 Å². The molecule has 0 atom stereocenters. The minimum Gasteiger partial charge on any atom is -0.497 e. The van der Waals surface area contributed by atoms with E-state index >= 15 is 0 Å². The molecule has 0 unspecified atom stereocenters.